The van der Waals surface area contributed by atoms with Crippen LogP contribution in [0.2, 0.25) is 0 Å². The number of aliphatic hydroxyl groups excluding tert-OH is 1. The van der Waals surface area contributed by atoms with E-state index in [1.165, 1.54) is 0 Å². The molecule has 0 bridgehead atoms. The van der Waals surface area contributed by atoms with Crippen LogP contribution >= 0.6 is 0 Å². The molecule has 10 heteroatoms. The van der Waals surface area contributed by atoms with Crippen molar-refractivity contribution < 1.29 is 24.2 Å². The van der Waals surface area contributed by atoms with E-state index in [4.69, 9.17) is 15.2 Å². The molecule has 10 nitrogen and oxygen atoms in total. The van der Waals surface area contributed by atoms with Gasteiger partial charge in [0.05, 0.1) is 30.2 Å². The fourth-order valence-corrected chi connectivity index (χ4v) is 5.70. The Labute approximate surface area is 282 Å². The zero-order chi connectivity index (χ0) is 33.7. The zero-order valence-corrected chi connectivity index (χ0v) is 27.4. The number of nitrogens with one attached hydrogen (secondary N) is 2. The largest absolute Gasteiger partial charge is 0.397 e. The van der Waals surface area contributed by atoms with E-state index in [-0.39, 0.29) is 30.6 Å². The SMILES string of the molecule is CN(CCc1ccccn1)CC1CC(c2ccc(CO)cc2)OC(c2cccc(NC(=O)CCCCC(=O)Nc3ccccc3N)c2)O1. The van der Waals surface area contributed by atoms with Crippen LogP contribution in [0.1, 0.15) is 66.9 Å². The molecule has 1 aromatic heterocycles. The van der Waals surface area contributed by atoms with Gasteiger partial charge in [-0.15, -0.1) is 0 Å². The van der Waals surface area contributed by atoms with Gasteiger partial charge in [0.1, 0.15) is 0 Å². The second-order valence-corrected chi connectivity index (χ2v) is 12.2. The van der Waals surface area contributed by atoms with Gasteiger partial charge in [-0.3, -0.25) is 14.6 Å². The summed E-state index contributed by atoms with van der Waals surface area (Å²) in [7, 11) is 2.09. The summed E-state index contributed by atoms with van der Waals surface area (Å²) < 4.78 is 13.0. The number of aliphatic hydroxyl groups is 1. The number of nitrogens with two attached hydrogens (primary N) is 1. The van der Waals surface area contributed by atoms with Crippen LogP contribution in [0.15, 0.2) is 97.2 Å². The van der Waals surface area contributed by atoms with Gasteiger partial charge in [-0.1, -0.05) is 54.6 Å². The van der Waals surface area contributed by atoms with Gasteiger partial charge in [0.2, 0.25) is 11.8 Å². The second-order valence-electron chi connectivity index (χ2n) is 12.2. The molecule has 1 fully saturated rings. The molecule has 1 aliphatic rings. The molecule has 48 heavy (non-hydrogen) atoms. The average molecular weight is 652 g/mol. The first kappa shape index (κ1) is 34.7. The van der Waals surface area contributed by atoms with Gasteiger partial charge < -0.3 is 35.8 Å². The number of benzene rings is 3. The lowest BCUT2D eigenvalue weighted by Gasteiger charge is -2.38. The van der Waals surface area contributed by atoms with Crippen molar-refractivity contribution in [2.45, 2.75) is 63.6 Å². The number of aromatic nitrogens is 1. The van der Waals surface area contributed by atoms with Gasteiger partial charge in [0.15, 0.2) is 6.29 Å². The summed E-state index contributed by atoms with van der Waals surface area (Å²) in [6.45, 7) is 1.54. The maximum Gasteiger partial charge on any atom is 0.224 e. The lowest BCUT2D eigenvalue weighted by atomic mass is 9.99. The Kier molecular flexibility index (Phi) is 12.7. The van der Waals surface area contributed by atoms with E-state index >= 15 is 0 Å². The highest BCUT2D eigenvalue weighted by atomic mass is 16.7. The van der Waals surface area contributed by atoms with Crippen molar-refractivity contribution in [2.75, 3.05) is 36.5 Å². The summed E-state index contributed by atoms with van der Waals surface area (Å²) >= 11 is 0. The molecule has 0 saturated carbocycles. The highest BCUT2D eigenvalue weighted by Gasteiger charge is 2.33. The van der Waals surface area contributed by atoms with E-state index in [2.05, 4.69) is 27.6 Å². The minimum absolute atomic E-state index is 0.0150. The van der Waals surface area contributed by atoms with Gasteiger partial charge in [-0.2, -0.15) is 0 Å². The third-order valence-electron chi connectivity index (χ3n) is 8.34. The number of carbonyl (C=O) groups is 2. The Morgan fingerprint density at radius 1 is 0.896 bits per heavy atom. The highest BCUT2D eigenvalue weighted by Crippen LogP contribution is 2.38. The number of carbonyl (C=O) groups excluding carboxylic acids is 2. The first-order chi connectivity index (χ1) is 23.4. The van der Waals surface area contributed by atoms with E-state index in [1.807, 2.05) is 85.1 Å². The summed E-state index contributed by atoms with van der Waals surface area (Å²) in [6, 6.07) is 28.5. The number of amides is 2. The van der Waals surface area contributed by atoms with Crippen molar-refractivity contribution in [1.82, 2.24) is 9.88 Å². The number of unbranched alkanes of at least 4 members (excludes halogenated alkanes) is 1. The Balaban J connectivity index is 1.17. The minimum Gasteiger partial charge on any atom is -0.397 e. The minimum atomic E-state index is -0.635. The van der Waals surface area contributed by atoms with Crippen molar-refractivity contribution in [1.29, 1.82) is 0 Å². The molecule has 0 spiro atoms. The number of nitrogens with zero attached hydrogens (tertiary/aromatic N) is 2. The summed E-state index contributed by atoms with van der Waals surface area (Å²) in [5.41, 5.74) is 11.4. The highest BCUT2D eigenvalue weighted by molar-refractivity contribution is 5.94. The van der Waals surface area contributed by atoms with E-state index in [9.17, 15) is 14.7 Å². The van der Waals surface area contributed by atoms with Crippen LogP contribution in [0.3, 0.4) is 0 Å². The number of rotatable bonds is 15. The van der Waals surface area contributed by atoms with Crippen molar-refractivity contribution in [3.8, 4) is 0 Å². The van der Waals surface area contributed by atoms with Crippen LogP contribution in [0.5, 0.6) is 0 Å². The predicted octanol–water partition coefficient (Wildman–Crippen LogP) is 6.01. The first-order valence-corrected chi connectivity index (χ1v) is 16.5. The number of hydrogen-bond donors (Lipinski definition) is 4. The van der Waals surface area contributed by atoms with Crippen LogP contribution in [0, 0.1) is 0 Å². The normalized spacial score (nSPS) is 17.6. The molecule has 2 heterocycles. The van der Waals surface area contributed by atoms with E-state index in [1.54, 1.807) is 12.1 Å². The summed E-state index contributed by atoms with van der Waals surface area (Å²) in [5.74, 6) is -0.256. The molecular formula is C38H45N5O5. The van der Waals surface area contributed by atoms with Crippen LogP contribution in [0.4, 0.5) is 17.1 Å². The maximum atomic E-state index is 12.8. The van der Waals surface area contributed by atoms with Gasteiger partial charge in [-0.05, 0) is 67.4 Å². The molecule has 4 aromatic rings. The number of hydrogen-bond acceptors (Lipinski definition) is 8. The molecule has 3 atom stereocenters. The quantitative estimate of drug-likeness (QED) is 0.0905. The molecule has 1 aliphatic heterocycles. The third kappa shape index (κ3) is 10.4. The fourth-order valence-electron chi connectivity index (χ4n) is 5.70. The molecule has 1 saturated heterocycles. The molecule has 2 amide bonds. The summed E-state index contributed by atoms with van der Waals surface area (Å²) in [6.07, 6.45) is 4.13. The number of nitrogen functional groups attached to an aromatic ring is 1. The molecule has 0 radical (unpaired) electrons. The smallest absolute Gasteiger partial charge is 0.224 e. The lowest BCUT2D eigenvalue weighted by Crippen LogP contribution is -2.38. The molecular weight excluding hydrogens is 606 g/mol. The van der Waals surface area contributed by atoms with E-state index < -0.39 is 6.29 Å². The monoisotopic (exact) mass is 651 g/mol. The van der Waals surface area contributed by atoms with Crippen LogP contribution in [-0.2, 0) is 32.1 Å². The lowest BCUT2D eigenvalue weighted by molar-refractivity contribution is -0.252. The first-order valence-electron chi connectivity index (χ1n) is 16.5. The van der Waals surface area contributed by atoms with Gasteiger partial charge >= 0.3 is 0 Å². The number of pyridine rings is 1. The molecule has 5 N–H and O–H groups in total. The predicted molar refractivity (Wildman–Crippen MR) is 187 cm³/mol. The number of ether oxygens (including phenoxy) is 2. The van der Waals surface area contributed by atoms with Gasteiger partial charge in [-0.25, -0.2) is 0 Å². The topological polar surface area (TPSA) is 139 Å². The maximum absolute atomic E-state index is 12.8. The Hall–Kier alpha value is -4.61. The Morgan fingerprint density at radius 2 is 1.65 bits per heavy atom. The fraction of sp³-hybridized carbons (Fsp3) is 0.342. The van der Waals surface area contributed by atoms with E-state index in [0.717, 1.165) is 35.3 Å². The van der Waals surface area contributed by atoms with Crippen LogP contribution in [-0.4, -0.2) is 53.0 Å². The van der Waals surface area contributed by atoms with Crippen molar-refractivity contribution in [2.24, 2.45) is 0 Å². The van der Waals surface area contributed by atoms with Crippen molar-refractivity contribution in [3.05, 3.63) is 120 Å². The zero-order valence-electron chi connectivity index (χ0n) is 27.4. The molecule has 0 aliphatic carbocycles. The number of anilines is 3. The van der Waals surface area contributed by atoms with Gasteiger partial charge in [0.25, 0.3) is 0 Å². The Bertz CT molecular complexity index is 1620. The number of para-hydroxylation sites is 2. The second kappa shape index (κ2) is 17.5. The standard InChI is InChI=1S/C38H45N5O5/c1-43(22-20-30-10-6-7-21-40-30)25-32-24-35(28-18-16-27(26-44)17-19-28)48-38(47-32)29-9-8-11-31(23-29)41-36(45)14-4-5-15-37(46)42-34-13-3-2-12-33(34)39/h2-3,6-13,16-19,21,23,32,35,38,44H,4-5,14-15,20,22,24-26,39H2,1H3,(H,41,45)(H,42,46). The third-order valence-corrected chi connectivity index (χ3v) is 8.34. The van der Waals surface area contributed by atoms with Gasteiger partial charge in [0, 0.05) is 61.9 Å². The molecule has 3 unspecified atom stereocenters. The van der Waals surface area contributed by atoms with Crippen molar-refractivity contribution >= 4 is 28.9 Å². The average Bonchev–Trinajstić information content (AvgIpc) is 3.11. The molecule has 252 valence electrons. The van der Waals surface area contributed by atoms with Crippen molar-refractivity contribution in [3.63, 3.8) is 0 Å². The summed E-state index contributed by atoms with van der Waals surface area (Å²) in [4.78, 5) is 31.8. The molecule has 3 aromatic carbocycles. The number of likely N-dealkylation sites (N-methyl/N-ethyl adjacent to an activating group) is 1. The molecule has 5 rings (SSSR count). The van der Waals surface area contributed by atoms with Crippen LogP contribution < -0.4 is 16.4 Å². The van der Waals surface area contributed by atoms with Crippen LogP contribution in [0.25, 0.3) is 0 Å². The summed E-state index contributed by atoms with van der Waals surface area (Å²) in [5, 5.41) is 15.3. The van der Waals surface area contributed by atoms with E-state index in [0.29, 0.717) is 55.7 Å². The Morgan fingerprint density at radius 3 is 2.38 bits per heavy atom.